The first-order valence-electron chi connectivity index (χ1n) is 16.7. The number of rotatable bonds is 12. The van der Waals surface area contributed by atoms with Gasteiger partial charge in [-0.15, -0.1) is 11.8 Å². The molecule has 0 unspecified atom stereocenters. The molecular weight excluding hydrogens is 712 g/mol. The van der Waals surface area contributed by atoms with Crippen molar-refractivity contribution in [2.45, 2.75) is 79.6 Å². The van der Waals surface area contributed by atoms with E-state index in [2.05, 4.69) is 75.2 Å². The highest BCUT2D eigenvalue weighted by Crippen LogP contribution is 2.26. The SMILES string of the molecule is CC.CCCC(=O)CS/C(C)=N\C(=O)Nc1ccc(-c2cc(NC(=O)c3ccc(OC(C)(F)F)c(F)c3)n[nH]2)cc1.CCc1ccc(CS)c(C)c1. The highest BCUT2D eigenvalue weighted by atomic mass is 32.2. The van der Waals surface area contributed by atoms with E-state index in [1.54, 1.807) is 37.3 Å². The maximum atomic E-state index is 14.1. The van der Waals surface area contributed by atoms with E-state index >= 15 is 0 Å². The monoisotopic (exact) mass is 757 g/mol. The Hall–Kier alpha value is -4.56. The minimum Gasteiger partial charge on any atom is -0.430 e. The van der Waals surface area contributed by atoms with E-state index < -0.39 is 29.6 Å². The molecule has 1 aromatic heterocycles. The summed E-state index contributed by atoms with van der Waals surface area (Å²) in [6, 6.07) is 17.2. The van der Waals surface area contributed by atoms with E-state index in [-0.39, 0.29) is 22.9 Å². The quantitative estimate of drug-likeness (QED) is 0.0648. The van der Waals surface area contributed by atoms with Crippen LogP contribution < -0.4 is 15.4 Å². The summed E-state index contributed by atoms with van der Waals surface area (Å²) in [4.78, 5) is 40.1. The van der Waals surface area contributed by atoms with Crippen LogP contribution in [-0.4, -0.2) is 44.8 Å². The molecule has 1 heterocycles. The number of carbonyl (C=O) groups is 3. The number of nitrogens with zero attached hydrogens (tertiary/aromatic N) is 2. The average molecular weight is 758 g/mol. The molecule has 0 aliphatic carbocycles. The number of amides is 3. The van der Waals surface area contributed by atoms with E-state index in [1.165, 1.54) is 28.5 Å². The number of ketones is 1. The molecular formula is C38H46F3N5O4S2. The zero-order chi connectivity index (χ0) is 38.8. The van der Waals surface area contributed by atoms with Gasteiger partial charge in [-0.1, -0.05) is 58.0 Å². The topological polar surface area (TPSA) is 126 Å². The summed E-state index contributed by atoms with van der Waals surface area (Å²) in [6.07, 6.45) is -1.17. The lowest BCUT2D eigenvalue weighted by atomic mass is 10.1. The number of anilines is 2. The van der Waals surface area contributed by atoms with Gasteiger partial charge < -0.3 is 15.4 Å². The average Bonchev–Trinajstić information content (AvgIpc) is 3.57. The first kappa shape index (κ1) is 43.6. The number of Topliss-reactive ketones (excluding diaryl/α,β-unsaturated/α-hetero) is 1. The van der Waals surface area contributed by atoms with Crippen LogP contribution in [0.1, 0.15) is 81.4 Å². The second-order valence-electron chi connectivity index (χ2n) is 11.2. The van der Waals surface area contributed by atoms with E-state index in [0.717, 1.165) is 36.8 Å². The number of halogens is 3. The molecule has 280 valence electrons. The molecule has 4 aromatic rings. The van der Waals surface area contributed by atoms with Crippen molar-refractivity contribution < 1.29 is 32.3 Å². The van der Waals surface area contributed by atoms with E-state index in [9.17, 15) is 27.6 Å². The zero-order valence-electron chi connectivity index (χ0n) is 30.4. The van der Waals surface area contributed by atoms with Crippen LogP contribution in [0.5, 0.6) is 5.75 Å². The number of ether oxygens (including phenoxy) is 1. The van der Waals surface area contributed by atoms with Crippen molar-refractivity contribution in [2.75, 3.05) is 16.4 Å². The normalized spacial score (nSPS) is 11.0. The predicted octanol–water partition coefficient (Wildman–Crippen LogP) is 10.5. The summed E-state index contributed by atoms with van der Waals surface area (Å²) in [5.74, 6) is -1.13. The fraction of sp³-hybridized carbons (Fsp3) is 0.342. The second kappa shape index (κ2) is 21.7. The Labute approximate surface area is 313 Å². The van der Waals surface area contributed by atoms with Crippen molar-refractivity contribution in [3.63, 3.8) is 0 Å². The molecule has 0 atom stereocenters. The van der Waals surface area contributed by atoms with Crippen molar-refractivity contribution in [2.24, 2.45) is 4.99 Å². The van der Waals surface area contributed by atoms with Crippen molar-refractivity contribution in [1.29, 1.82) is 0 Å². The number of thioether (sulfide) groups is 1. The number of benzene rings is 3. The Balaban J connectivity index is 0.000000608. The number of aromatic nitrogens is 2. The molecule has 0 spiro atoms. The van der Waals surface area contributed by atoms with Gasteiger partial charge >= 0.3 is 12.1 Å². The number of aryl methyl sites for hydroxylation is 2. The van der Waals surface area contributed by atoms with Crippen molar-refractivity contribution >= 4 is 58.7 Å². The van der Waals surface area contributed by atoms with Gasteiger partial charge in [-0.25, -0.2) is 9.18 Å². The summed E-state index contributed by atoms with van der Waals surface area (Å²) in [5, 5.41) is 12.4. The number of aromatic amines is 1. The molecule has 9 nitrogen and oxygen atoms in total. The molecule has 0 fully saturated rings. The van der Waals surface area contributed by atoms with Crippen LogP contribution in [0.4, 0.5) is 29.5 Å². The number of urea groups is 1. The molecule has 0 radical (unpaired) electrons. The molecule has 0 aliphatic heterocycles. The van der Waals surface area contributed by atoms with Gasteiger partial charge in [-0.2, -0.15) is 31.5 Å². The maximum absolute atomic E-state index is 14.1. The van der Waals surface area contributed by atoms with Crippen LogP contribution in [0.3, 0.4) is 0 Å². The third kappa shape index (κ3) is 15.0. The van der Waals surface area contributed by atoms with Crippen molar-refractivity contribution in [3.05, 3.63) is 94.8 Å². The van der Waals surface area contributed by atoms with E-state index in [1.807, 2.05) is 20.8 Å². The fourth-order valence-corrected chi connectivity index (χ4v) is 5.41. The summed E-state index contributed by atoms with van der Waals surface area (Å²) in [7, 11) is 0. The lowest BCUT2D eigenvalue weighted by Gasteiger charge is -2.13. The van der Waals surface area contributed by atoms with Crippen LogP contribution in [-0.2, 0) is 17.0 Å². The van der Waals surface area contributed by atoms with Gasteiger partial charge in [0.05, 0.1) is 16.5 Å². The van der Waals surface area contributed by atoms with Crippen molar-refractivity contribution in [1.82, 2.24) is 10.2 Å². The maximum Gasteiger partial charge on any atom is 0.395 e. The van der Waals surface area contributed by atoms with Crippen LogP contribution in [0.15, 0.2) is 71.7 Å². The van der Waals surface area contributed by atoms with Crippen LogP contribution >= 0.6 is 24.4 Å². The number of nitrogens with one attached hydrogen (secondary N) is 3. The Morgan fingerprint density at radius 2 is 1.69 bits per heavy atom. The highest BCUT2D eigenvalue weighted by Gasteiger charge is 2.25. The Kier molecular flexibility index (Phi) is 18.2. The van der Waals surface area contributed by atoms with Gasteiger partial charge in [0.25, 0.3) is 5.91 Å². The molecule has 0 bridgehead atoms. The molecule has 0 saturated carbocycles. The summed E-state index contributed by atoms with van der Waals surface area (Å²) >= 11 is 5.46. The summed E-state index contributed by atoms with van der Waals surface area (Å²) in [6.45, 7) is 12.4. The lowest BCUT2D eigenvalue weighted by molar-refractivity contribution is -0.160. The number of alkyl halides is 2. The number of hydrogen-bond donors (Lipinski definition) is 4. The molecule has 3 amide bonds. The first-order valence-corrected chi connectivity index (χ1v) is 18.4. The zero-order valence-corrected chi connectivity index (χ0v) is 32.1. The van der Waals surface area contributed by atoms with Gasteiger partial charge in [0.2, 0.25) is 0 Å². The predicted molar refractivity (Wildman–Crippen MR) is 209 cm³/mol. The Bertz CT molecular complexity index is 1810. The minimum absolute atomic E-state index is 0.106. The van der Waals surface area contributed by atoms with Crippen LogP contribution in [0.2, 0.25) is 0 Å². The highest BCUT2D eigenvalue weighted by molar-refractivity contribution is 8.14. The lowest BCUT2D eigenvalue weighted by Crippen LogP contribution is -2.20. The largest absolute Gasteiger partial charge is 0.430 e. The standard InChI is InChI=1S/C26H26F3N5O4S.C10H14S.C2H6/c1-4-5-19(35)14-39-15(2)30-25(37)31-18-9-6-16(7-10-18)21-13-23(34-33-21)32-24(36)17-8-11-22(20(27)12-17)38-26(3,28)29;1-3-9-4-5-10(7-11)8(2)6-9;1-2/h6-13H,4-5,14H2,1-3H3,(H,31,37)(H2,32,33,34,36);4-6,11H,3,7H2,1-2H3;1-2H3/b30-15-;;. The molecule has 0 aliphatic rings. The molecule has 4 rings (SSSR count). The molecule has 14 heteroatoms. The van der Waals surface area contributed by atoms with Gasteiger partial charge in [-0.3, -0.25) is 14.7 Å². The Morgan fingerprint density at radius 1 is 1.00 bits per heavy atom. The van der Waals surface area contributed by atoms with Crippen LogP contribution in [0.25, 0.3) is 11.3 Å². The smallest absolute Gasteiger partial charge is 0.395 e. The number of aliphatic imine (C=N–C) groups is 1. The van der Waals surface area contributed by atoms with E-state index in [0.29, 0.717) is 35.3 Å². The summed E-state index contributed by atoms with van der Waals surface area (Å²) < 4.78 is 44.2. The fourth-order valence-electron chi connectivity index (χ4n) is 4.39. The Morgan fingerprint density at radius 3 is 2.27 bits per heavy atom. The second-order valence-corrected chi connectivity index (χ2v) is 12.6. The molecule has 0 saturated heterocycles. The number of thiol groups is 1. The first-order chi connectivity index (χ1) is 24.7. The third-order valence-electron chi connectivity index (χ3n) is 6.97. The van der Waals surface area contributed by atoms with Gasteiger partial charge in [-0.05, 0) is 79.3 Å². The van der Waals surface area contributed by atoms with Crippen LogP contribution in [0, 0.1) is 12.7 Å². The van der Waals surface area contributed by atoms with Gasteiger partial charge in [0, 0.05) is 36.4 Å². The minimum atomic E-state index is -3.57. The van der Waals surface area contributed by atoms with E-state index in [4.69, 9.17) is 0 Å². The molecule has 52 heavy (non-hydrogen) atoms. The number of hydrogen-bond acceptors (Lipinski definition) is 7. The van der Waals surface area contributed by atoms with Crippen molar-refractivity contribution in [3.8, 4) is 17.0 Å². The number of carbonyl (C=O) groups excluding carboxylic acids is 3. The molecule has 3 aromatic carbocycles. The third-order valence-corrected chi connectivity index (χ3v) is 8.28. The molecule has 3 N–H and O–H groups in total. The number of H-pyrrole nitrogens is 1. The van der Waals surface area contributed by atoms with Gasteiger partial charge in [0.1, 0.15) is 5.78 Å². The summed E-state index contributed by atoms with van der Waals surface area (Å²) in [5.41, 5.74) is 5.73. The van der Waals surface area contributed by atoms with Gasteiger partial charge in [0.15, 0.2) is 17.4 Å².